The van der Waals surface area contributed by atoms with E-state index in [4.69, 9.17) is 19.2 Å². The number of hydrogen-bond acceptors (Lipinski definition) is 4. The Morgan fingerprint density at radius 1 is 1.13 bits per heavy atom. The third-order valence-corrected chi connectivity index (χ3v) is 6.14. The van der Waals surface area contributed by atoms with Crippen LogP contribution in [0.5, 0.6) is 0 Å². The summed E-state index contributed by atoms with van der Waals surface area (Å²) in [6.07, 6.45) is 7.68. The molecule has 0 atom stereocenters. The van der Waals surface area contributed by atoms with Crippen molar-refractivity contribution in [3.63, 3.8) is 0 Å². The minimum Gasteiger partial charge on any atom is -0.483 e. The zero-order chi connectivity index (χ0) is 22.5. The fraction of sp³-hybridized carbons (Fsp3) is 0.636. The minimum absolute atomic E-state index is 0.245. The molecule has 0 radical (unpaired) electrons. The SMILES string of the molecule is CC.CC1(C)OB(c2cc(F)c3c(c2)ncn3C2CCCCC2)OC1(C)C.O=CO. The van der Waals surface area contributed by atoms with E-state index in [0.29, 0.717) is 22.5 Å². The highest BCUT2D eigenvalue weighted by Gasteiger charge is 2.51. The van der Waals surface area contributed by atoms with Gasteiger partial charge in [0.05, 0.1) is 23.0 Å². The van der Waals surface area contributed by atoms with Gasteiger partial charge < -0.3 is 19.0 Å². The number of aromatic nitrogens is 2. The summed E-state index contributed by atoms with van der Waals surface area (Å²) in [5, 5.41) is 6.89. The molecule has 8 heteroatoms. The summed E-state index contributed by atoms with van der Waals surface area (Å²) < 4.78 is 29.1. The molecule has 1 aliphatic carbocycles. The second-order valence-corrected chi connectivity index (χ2v) is 8.51. The molecule has 4 rings (SSSR count). The molecule has 166 valence electrons. The van der Waals surface area contributed by atoms with Crippen molar-refractivity contribution in [1.29, 1.82) is 0 Å². The molecule has 1 aromatic carbocycles. The molecule has 2 aromatic rings. The van der Waals surface area contributed by atoms with Crippen LogP contribution in [0.15, 0.2) is 18.5 Å². The molecule has 1 saturated heterocycles. The maximum absolute atomic E-state index is 15.0. The zero-order valence-corrected chi connectivity index (χ0v) is 18.9. The first kappa shape index (κ1) is 24.3. The molecular formula is C22H34BFN2O4. The van der Waals surface area contributed by atoms with Crippen LogP contribution >= 0.6 is 0 Å². The second kappa shape index (κ2) is 9.92. The van der Waals surface area contributed by atoms with Gasteiger partial charge in [-0.05, 0) is 58.1 Å². The van der Waals surface area contributed by atoms with Crippen molar-refractivity contribution >= 4 is 30.1 Å². The van der Waals surface area contributed by atoms with Crippen LogP contribution in [0.1, 0.15) is 79.7 Å². The first-order chi connectivity index (χ1) is 14.2. The molecule has 0 unspecified atom stereocenters. The highest BCUT2D eigenvalue weighted by Crippen LogP contribution is 2.37. The van der Waals surface area contributed by atoms with Crippen LogP contribution in [0.2, 0.25) is 0 Å². The van der Waals surface area contributed by atoms with Crippen LogP contribution < -0.4 is 5.46 Å². The summed E-state index contributed by atoms with van der Waals surface area (Å²) in [5.74, 6) is -0.245. The number of imidazole rings is 1. The number of hydrogen-bond donors (Lipinski definition) is 1. The lowest BCUT2D eigenvalue weighted by molar-refractivity contribution is -0.122. The summed E-state index contributed by atoms with van der Waals surface area (Å²) >= 11 is 0. The Morgan fingerprint density at radius 2 is 1.67 bits per heavy atom. The van der Waals surface area contributed by atoms with Gasteiger partial charge in [-0.3, -0.25) is 4.79 Å². The standard InChI is InChI=1S/C19H26BFN2O2.C2H6.CH2O2/c1-18(2)19(3,4)25-20(24-18)13-10-15(21)17-16(11-13)22-12-23(17)14-8-6-5-7-9-14;1-2;2-1-3/h10-12,14H,5-9H2,1-4H3;1-2H3;1H,(H,2,3). The molecule has 2 fully saturated rings. The van der Waals surface area contributed by atoms with E-state index in [9.17, 15) is 4.39 Å². The number of fused-ring (bicyclic) bond motifs is 1. The number of benzene rings is 1. The molecule has 0 spiro atoms. The normalized spacial score (nSPS) is 20.2. The van der Waals surface area contributed by atoms with Crippen molar-refractivity contribution in [3.8, 4) is 0 Å². The number of carbonyl (C=O) groups is 1. The van der Waals surface area contributed by atoms with Gasteiger partial charge in [-0.15, -0.1) is 0 Å². The number of rotatable bonds is 2. The molecule has 2 heterocycles. The molecule has 2 aliphatic rings. The lowest BCUT2D eigenvalue weighted by Gasteiger charge is -2.32. The van der Waals surface area contributed by atoms with E-state index >= 15 is 0 Å². The summed E-state index contributed by atoms with van der Waals surface area (Å²) in [6.45, 7) is 11.7. The van der Waals surface area contributed by atoms with Gasteiger partial charge in [-0.25, -0.2) is 9.37 Å². The lowest BCUT2D eigenvalue weighted by Crippen LogP contribution is -2.41. The van der Waals surface area contributed by atoms with Gasteiger partial charge >= 0.3 is 7.12 Å². The summed E-state index contributed by atoms with van der Waals surface area (Å²) in [7, 11) is -0.566. The predicted molar refractivity (Wildman–Crippen MR) is 118 cm³/mol. The van der Waals surface area contributed by atoms with Crippen molar-refractivity contribution < 1.29 is 23.6 Å². The number of nitrogens with zero attached hydrogens (tertiary/aromatic N) is 2. The quantitative estimate of drug-likeness (QED) is 0.563. The van der Waals surface area contributed by atoms with Gasteiger partial charge in [0.25, 0.3) is 6.47 Å². The van der Waals surface area contributed by atoms with Crippen LogP contribution in [-0.2, 0) is 14.1 Å². The van der Waals surface area contributed by atoms with Gasteiger partial charge in [-0.1, -0.05) is 33.1 Å². The molecule has 30 heavy (non-hydrogen) atoms. The number of carboxylic acid groups (broad SMARTS) is 1. The van der Waals surface area contributed by atoms with Crippen molar-refractivity contribution in [2.45, 2.75) is 90.9 Å². The van der Waals surface area contributed by atoms with Crippen LogP contribution in [0.3, 0.4) is 0 Å². The molecule has 1 aromatic heterocycles. The molecule has 0 bridgehead atoms. The van der Waals surface area contributed by atoms with E-state index in [1.54, 1.807) is 12.4 Å². The summed E-state index contributed by atoms with van der Waals surface area (Å²) in [6, 6.07) is 3.81. The van der Waals surface area contributed by atoms with Crippen molar-refractivity contribution in [2.24, 2.45) is 0 Å². The maximum Gasteiger partial charge on any atom is 0.495 e. The van der Waals surface area contributed by atoms with Crippen LogP contribution in [-0.4, -0.2) is 39.5 Å². The summed E-state index contributed by atoms with van der Waals surface area (Å²) in [5.41, 5.74) is 1.09. The van der Waals surface area contributed by atoms with E-state index in [-0.39, 0.29) is 12.3 Å². The smallest absolute Gasteiger partial charge is 0.483 e. The average Bonchev–Trinajstić information content (AvgIpc) is 3.23. The van der Waals surface area contributed by atoms with Gasteiger partial charge in [0.15, 0.2) is 0 Å². The predicted octanol–water partition coefficient (Wildman–Crippen LogP) is 4.71. The molecule has 1 aliphatic heterocycles. The van der Waals surface area contributed by atoms with Crippen molar-refractivity contribution in [1.82, 2.24) is 9.55 Å². The molecule has 6 nitrogen and oxygen atoms in total. The first-order valence-electron chi connectivity index (χ1n) is 10.8. The minimum atomic E-state index is -0.566. The van der Waals surface area contributed by atoms with Gasteiger partial charge in [0, 0.05) is 6.04 Å². The molecular weight excluding hydrogens is 386 g/mol. The van der Waals surface area contributed by atoms with Crippen LogP contribution in [0.25, 0.3) is 11.0 Å². The van der Waals surface area contributed by atoms with Gasteiger partial charge in [-0.2, -0.15) is 0 Å². The van der Waals surface area contributed by atoms with Crippen LogP contribution in [0, 0.1) is 5.82 Å². The largest absolute Gasteiger partial charge is 0.495 e. The van der Waals surface area contributed by atoms with E-state index in [1.165, 1.54) is 19.3 Å². The fourth-order valence-electron chi connectivity index (χ4n) is 3.89. The zero-order valence-electron chi connectivity index (χ0n) is 18.9. The summed E-state index contributed by atoms with van der Waals surface area (Å²) in [4.78, 5) is 12.8. The first-order valence-corrected chi connectivity index (χ1v) is 10.8. The van der Waals surface area contributed by atoms with E-state index in [1.807, 2.05) is 52.2 Å². The number of halogens is 1. The van der Waals surface area contributed by atoms with Gasteiger partial charge in [0.1, 0.15) is 11.3 Å². The third kappa shape index (κ3) is 4.86. The lowest BCUT2D eigenvalue weighted by atomic mass is 9.79. The maximum atomic E-state index is 15.0. The Hall–Kier alpha value is -1.93. The highest BCUT2D eigenvalue weighted by atomic mass is 19.1. The van der Waals surface area contributed by atoms with Gasteiger partial charge in [0.2, 0.25) is 0 Å². The Labute approximate surface area is 178 Å². The average molecular weight is 420 g/mol. The Morgan fingerprint density at radius 3 is 2.20 bits per heavy atom. The third-order valence-electron chi connectivity index (χ3n) is 6.14. The van der Waals surface area contributed by atoms with E-state index < -0.39 is 18.3 Å². The second-order valence-electron chi connectivity index (χ2n) is 8.51. The van der Waals surface area contributed by atoms with Crippen molar-refractivity contribution in [2.75, 3.05) is 0 Å². The topological polar surface area (TPSA) is 73.6 Å². The monoisotopic (exact) mass is 420 g/mol. The highest BCUT2D eigenvalue weighted by molar-refractivity contribution is 6.62. The Kier molecular flexibility index (Phi) is 8.05. The molecule has 1 saturated carbocycles. The molecule has 0 amide bonds. The van der Waals surface area contributed by atoms with Crippen molar-refractivity contribution in [3.05, 3.63) is 24.3 Å². The van der Waals surface area contributed by atoms with E-state index in [0.717, 1.165) is 12.8 Å². The fourth-order valence-corrected chi connectivity index (χ4v) is 3.89. The Balaban J connectivity index is 0.000000590. The van der Waals surface area contributed by atoms with E-state index in [2.05, 4.69) is 4.98 Å². The Bertz CT molecular complexity index is 831. The van der Waals surface area contributed by atoms with Crippen LogP contribution in [0.4, 0.5) is 4.39 Å². The molecule has 1 N–H and O–H groups in total.